The average Bonchev–Trinajstić information content (AvgIpc) is 2.93. The maximum absolute atomic E-state index is 11.7. The van der Waals surface area contributed by atoms with Crippen LogP contribution in [-0.2, 0) is 6.42 Å². The first kappa shape index (κ1) is 17.8. The van der Waals surface area contributed by atoms with Crippen LogP contribution < -0.4 is 15.7 Å². The molecule has 0 bridgehead atoms. The standard InChI is InChI=1S/C16H19N5O2.ClH/c1-11-8-13(15-19-20-16(22)21(15)10-11)17-6-3-4-12-5-7-18-14(9-12)23-2;/h5,7-10,17H,3-4,6H2,1-2H3,(H,20,22);1H. The molecule has 3 aromatic rings. The van der Waals surface area contributed by atoms with E-state index in [2.05, 4.69) is 20.5 Å². The second-order valence-corrected chi connectivity index (χ2v) is 5.39. The van der Waals surface area contributed by atoms with Crippen molar-refractivity contribution in [2.75, 3.05) is 19.0 Å². The molecule has 24 heavy (non-hydrogen) atoms. The first-order valence-electron chi connectivity index (χ1n) is 7.47. The zero-order valence-electron chi connectivity index (χ0n) is 13.6. The molecule has 0 aliphatic carbocycles. The Morgan fingerprint density at radius 1 is 1.38 bits per heavy atom. The zero-order valence-corrected chi connectivity index (χ0v) is 14.4. The highest BCUT2D eigenvalue weighted by atomic mass is 35.5. The summed E-state index contributed by atoms with van der Waals surface area (Å²) < 4.78 is 6.64. The number of aromatic nitrogens is 4. The molecule has 3 rings (SSSR count). The molecule has 3 heterocycles. The smallest absolute Gasteiger partial charge is 0.347 e. The minimum absolute atomic E-state index is 0. The summed E-state index contributed by atoms with van der Waals surface area (Å²) in [5.74, 6) is 0.631. The van der Waals surface area contributed by atoms with E-state index in [0.717, 1.165) is 30.6 Å². The number of ether oxygens (including phenoxy) is 1. The molecule has 0 saturated carbocycles. The lowest BCUT2D eigenvalue weighted by molar-refractivity contribution is 0.397. The van der Waals surface area contributed by atoms with E-state index < -0.39 is 0 Å². The van der Waals surface area contributed by atoms with Gasteiger partial charge >= 0.3 is 5.69 Å². The molecule has 8 heteroatoms. The second-order valence-electron chi connectivity index (χ2n) is 5.39. The third kappa shape index (κ3) is 3.86. The van der Waals surface area contributed by atoms with Gasteiger partial charge in [-0.25, -0.2) is 19.3 Å². The molecule has 2 N–H and O–H groups in total. The Hall–Kier alpha value is -2.54. The molecule has 0 saturated heterocycles. The summed E-state index contributed by atoms with van der Waals surface area (Å²) in [7, 11) is 1.61. The van der Waals surface area contributed by atoms with Crippen LogP contribution in [0.25, 0.3) is 5.65 Å². The Balaban J connectivity index is 0.00000208. The van der Waals surface area contributed by atoms with Crippen molar-refractivity contribution in [1.82, 2.24) is 19.6 Å². The zero-order chi connectivity index (χ0) is 16.2. The minimum Gasteiger partial charge on any atom is -0.481 e. The lowest BCUT2D eigenvalue weighted by Crippen LogP contribution is -2.11. The second kappa shape index (κ2) is 7.83. The Bertz CT molecular complexity index is 874. The largest absolute Gasteiger partial charge is 0.481 e. The van der Waals surface area contributed by atoms with Gasteiger partial charge in [-0.05, 0) is 43.0 Å². The van der Waals surface area contributed by atoms with Gasteiger partial charge in [-0.2, -0.15) is 5.10 Å². The number of anilines is 1. The summed E-state index contributed by atoms with van der Waals surface area (Å²) in [4.78, 5) is 15.8. The van der Waals surface area contributed by atoms with Crippen LogP contribution in [-0.4, -0.2) is 33.2 Å². The number of fused-ring (bicyclic) bond motifs is 1. The number of nitrogens with one attached hydrogen (secondary N) is 2. The van der Waals surface area contributed by atoms with Crippen LogP contribution in [0.1, 0.15) is 17.5 Å². The molecule has 128 valence electrons. The molecule has 0 fully saturated rings. The number of aryl methyl sites for hydroxylation is 2. The number of nitrogens with zero attached hydrogens (tertiary/aromatic N) is 3. The molecule has 0 radical (unpaired) electrons. The predicted molar refractivity (Wildman–Crippen MR) is 95.4 cm³/mol. The van der Waals surface area contributed by atoms with Gasteiger partial charge in [0.05, 0.1) is 12.8 Å². The summed E-state index contributed by atoms with van der Waals surface area (Å²) in [6.45, 7) is 2.73. The van der Waals surface area contributed by atoms with Gasteiger partial charge in [0.2, 0.25) is 5.88 Å². The highest BCUT2D eigenvalue weighted by Crippen LogP contribution is 2.16. The topological polar surface area (TPSA) is 84.3 Å². The van der Waals surface area contributed by atoms with Gasteiger partial charge in [0.25, 0.3) is 0 Å². The normalized spacial score (nSPS) is 10.4. The van der Waals surface area contributed by atoms with Crippen LogP contribution >= 0.6 is 12.4 Å². The van der Waals surface area contributed by atoms with Crippen LogP contribution in [0.4, 0.5) is 5.69 Å². The van der Waals surface area contributed by atoms with E-state index in [1.165, 1.54) is 9.96 Å². The van der Waals surface area contributed by atoms with Crippen molar-refractivity contribution in [3.05, 3.63) is 52.2 Å². The lowest BCUT2D eigenvalue weighted by Gasteiger charge is -2.09. The fraction of sp³-hybridized carbons (Fsp3) is 0.312. The van der Waals surface area contributed by atoms with Gasteiger partial charge in [0.15, 0.2) is 5.65 Å². The molecule has 0 aliphatic heterocycles. The van der Waals surface area contributed by atoms with Gasteiger partial charge in [0, 0.05) is 25.0 Å². The highest BCUT2D eigenvalue weighted by Gasteiger charge is 2.07. The first-order valence-corrected chi connectivity index (χ1v) is 7.47. The fourth-order valence-electron chi connectivity index (χ4n) is 2.51. The Morgan fingerprint density at radius 3 is 3.00 bits per heavy atom. The Labute approximate surface area is 145 Å². The number of pyridine rings is 2. The number of hydrogen-bond donors (Lipinski definition) is 2. The molecule has 0 spiro atoms. The monoisotopic (exact) mass is 349 g/mol. The minimum atomic E-state index is -0.226. The Morgan fingerprint density at radius 2 is 2.21 bits per heavy atom. The number of hydrogen-bond acceptors (Lipinski definition) is 5. The van der Waals surface area contributed by atoms with E-state index in [1.54, 1.807) is 19.5 Å². The summed E-state index contributed by atoms with van der Waals surface area (Å²) >= 11 is 0. The van der Waals surface area contributed by atoms with Gasteiger partial charge < -0.3 is 10.1 Å². The van der Waals surface area contributed by atoms with Gasteiger partial charge in [-0.1, -0.05) is 0 Å². The number of rotatable bonds is 6. The van der Waals surface area contributed by atoms with Crippen LogP contribution in [0.3, 0.4) is 0 Å². The number of aromatic amines is 1. The summed E-state index contributed by atoms with van der Waals surface area (Å²) in [6.07, 6.45) is 5.39. The molecular formula is C16H20ClN5O2. The average molecular weight is 350 g/mol. The molecule has 0 atom stereocenters. The van der Waals surface area contributed by atoms with Crippen molar-refractivity contribution in [3.63, 3.8) is 0 Å². The van der Waals surface area contributed by atoms with E-state index in [4.69, 9.17) is 4.74 Å². The summed E-state index contributed by atoms with van der Waals surface area (Å²) in [5.41, 5.74) is 3.43. The number of methoxy groups -OCH3 is 1. The third-order valence-corrected chi connectivity index (χ3v) is 3.62. The van der Waals surface area contributed by atoms with Crippen LogP contribution in [0.2, 0.25) is 0 Å². The van der Waals surface area contributed by atoms with Crippen LogP contribution in [0.15, 0.2) is 35.4 Å². The SMILES string of the molecule is COc1cc(CCCNc2cc(C)cn3c(=O)[nH]nc23)ccn1.Cl. The molecule has 0 unspecified atom stereocenters. The summed E-state index contributed by atoms with van der Waals surface area (Å²) in [6, 6.07) is 5.92. The first-order chi connectivity index (χ1) is 11.2. The number of H-pyrrole nitrogens is 1. The van der Waals surface area contributed by atoms with E-state index >= 15 is 0 Å². The van der Waals surface area contributed by atoms with Gasteiger partial charge in [-0.3, -0.25) is 0 Å². The molecule has 7 nitrogen and oxygen atoms in total. The van der Waals surface area contributed by atoms with Crippen LogP contribution in [0.5, 0.6) is 5.88 Å². The van der Waals surface area contributed by atoms with Crippen molar-refractivity contribution >= 4 is 23.7 Å². The Kier molecular flexibility index (Phi) is 5.81. The predicted octanol–water partition coefficient (Wildman–Crippen LogP) is 2.20. The molecule has 0 aliphatic rings. The van der Waals surface area contributed by atoms with Crippen molar-refractivity contribution in [2.45, 2.75) is 19.8 Å². The van der Waals surface area contributed by atoms with Gasteiger partial charge in [0.1, 0.15) is 0 Å². The maximum Gasteiger partial charge on any atom is 0.347 e. The molecule has 3 aromatic heterocycles. The van der Waals surface area contributed by atoms with Crippen molar-refractivity contribution in [1.29, 1.82) is 0 Å². The van der Waals surface area contributed by atoms with Crippen LogP contribution in [0, 0.1) is 6.92 Å². The van der Waals surface area contributed by atoms with E-state index in [9.17, 15) is 4.79 Å². The molecule has 0 aromatic carbocycles. The van der Waals surface area contributed by atoms with E-state index in [0.29, 0.717) is 11.5 Å². The fourth-order valence-corrected chi connectivity index (χ4v) is 2.51. The summed E-state index contributed by atoms with van der Waals surface area (Å²) in [5, 5.41) is 9.88. The van der Waals surface area contributed by atoms with Crippen molar-refractivity contribution in [3.8, 4) is 5.88 Å². The van der Waals surface area contributed by atoms with Gasteiger partial charge in [-0.15, -0.1) is 12.4 Å². The molecular weight excluding hydrogens is 330 g/mol. The molecule has 0 amide bonds. The number of halogens is 1. The highest BCUT2D eigenvalue weighted by molar-refractivity contribution is 5.85. The quantitative estimate of drug-likeness (QED) is 0.666. The third-order valence-electron chi connectivity index (χ3n) is 3.62. The van der Waals surface area contributed by atoms with E-state index in [-0.39, 0.29) is 18.1 Å². The maximum atomic E-state index is 11.7. The van der Waals surface area contributed by atoms with Crippen molar-refractivity contribution < 1.29 is 4.74 Å². The van der Waals surface area contributed by atoms with E-state index in [1.807, 2.05) is 25.1 Å². The van der Waals surface area contributed by atoms with Crippen molar-refractivity contribution in [2.24, 2.45) is 0 Å². The lowest BCUT2D eigenvalue weighted by atomic mass is 10.1.